The zero-order valence-electron chi connectivity index (χ0n) is 9.10. The van der Waals surface area contributed by atoms with E-state index in [-0.39, 0.29) is 5.91 Å². The minimum absolute atomic E-state index is 0.172. The molecule has 84 valence electrons. The predicted molar refractivity (Wildman–Crippen MR) is 62.7 cm³/mol. The fourth-order valence-electron chi connectivity index (χ4n) is 1.24. The van der Waals surface area contributed by atoms with Gasteiger partial charge in [0.1, 0.15) is 0 Å². The van der Waals surface area contributed by atoms with Gasteiger partial charge in [0.25, 0.3) is 5.91 Å². The number of aromatic nitrogens is 3. The largest absolute Gasteiger partial charge is 0.298 e. The summed E-state index contributed by atoms with van der Waals surface area (Å²) >= 11 is 1.45. The van der Waals surface area contributed by atoms with Gasteiger partial charge in [0, 0.05) is 23.8 Å². The van der Waals surface area contributed by atoms with Crippen LogP contribution in [0.15, 0.2) is 18.6 Å². The standard InChI is InChI=1S/C10H12N4OS/c1-3-14-6-8(5-12-14)9(15)13-10-11-4-7(2)16-10/h4-6H,3H2,1-2H3,(H,11,13,15). The molecule has 0 unspecified atom stereocenters. The van der Waals surface area contributed by atoms with Crippen LogP contribution in [-0.4, -0.2) is 20.7 Å². The molecule has 0 bridgehead atoms. The fraction of sp³-hybridized carbons (Fsp3) is 0.300. The van der Waals surface area contributed by atoms with E-state index in [0.29, 0.717) is 10.7 Å². The van der Waals surface area contributed by atoms with Crippen LogP contribution in [0.5, 0.6) is 0 Å². The van der Waals surface area contributed by atoms with Gasteiger partial charge in [-0.25, -0.2) is 4.98 Å². The highest BCUT2D eigenvalue weighted by molar-refractivity contribution is 7.15. The normalized spacial score (nSPS) is 10.4. The second-order valence-corrected chi connectivity index (χ2v) is 4.55. The van der Waals surface area contributed by atoms with E-state index in [1.54, 1.807) is 23.3 Å². The van der Waals surface area contributed by atoms with E-state index in [1.165, 1.54) is 11.3 Å². The molecule has 0 aliphatic heterocycles. The first-order chi connectivity index (χ1) is 7.69. The highest BCUT2D eigenvalue weighted by Crippen LogP contribution is 2.17. The van der Waals surface area contributed by atoms with Crippen molar-refractivity contribution in [3.05, 3.63) is 29.0 Å². The van der Waals surface area contributed by atoms with Gasteiger partial charge in [0.15, 0.2) is 5.13 Å². The van der Waals surface area contributed by atoms with Gasteiger partial charge in [-0.2, -0.15) is 5.10 Å². The van der Waals surface area contributed by atoms with Gasteiger partial charge in [-0.05, 0) is 13.8 Å². The van der Waals surface area contributed by atoms with Gasteiger partial charge in [0.05, 0.1) is 11.8 Å². The Morgan fingerprint density at radius 1 is 1.56 bits per heavy atom. The lowest BCUT2D eigenvalue weighted by molar-refractivity contribution is 0.102. The van der Waals surface area contributed by atoms with E-state index in [4.69, 9.17) is 0 Å². The second-order valence-electron chi connectivity index (χ2n) is 3.31. The molecular weight excluding hydrogens is 224 g/mol. The predicted octanol–water partition coefficient (Wildman–Crippen LogP) is 1.92. The van der Waals surface area contributed by atoms with Crippen molar-refractivity contribution in [2.75, 3.05) is 5.32 Å². The summed E-state index contributed by atoms with van der Waals surface area (Å²) in [6.07, 6.45) is 5.00. The number of rotatable bonds is 3. The van der Waals surface area contributed by atoms with Crippen LogP contribution in [0.1, 0.15) is 22.2 Å². The molecular formula is C10H12N4OS. The van der Waals surface area contributed by atoms with E-state index in [1.807, 2.05) is 13.8 Å². The quantitative estimate of drug-likeness (QED) is 0.885. The van der Waals surface area contributed by atoms with E-state index >= 15 is 0 Å². The molecule has 6 heteroatoms. The lowest BCUT2D eigenvalue weighted by Gasteiger charge is -1.97. The Morgan fingerprint density at radius 3 is 2.94 bits per heavy atom. The van der Waals surface area contributed by atoms with E-state index in [0.717, 1.165) is 11.4 Å². The van der Waals surface area contributed by atoms with E-state index in [2.05, 4.69) is 15.4 Å². The molecule has 5 nitrogen and oxygen atoms in total. The van der Waals surface area contributed by atoms with Crippen molar-refractivity contribution in [3.8, 4) is 0 Å². The third-order valence-electron chi connectivity index (χ3n) is 2.06. The number of nitrogens with zero attached hydrogens (tertiary/aromatic N) is 3. The maximum Gasteiger partial charge on any atom is 0.260 e. The molecule has 0 saturated heterocycles. The summed E-state index contributed by atoms with van der Waals surface area (Å²) in [5.41, 5.74) is 0.551. The van der Waals surface area contributed by atoms with Crippen molar-refractivity contribution in [1.29, 1.82) is 0 Å². The summed E-state index contributed by atoms with van der Waals surface area (Å²) < 4.78 is 1.71. The summed E-state index contributed by atoms with van der Waals surface area (Å²) in [5.74, 6) is -0.172. The van der Waals surface area contributed by atoms with Crippen molar-refractivity contribution in [2.45, 2.75) is 20.4 Å². The van der Waals surface area contributed by atoms with Crippen molar-refractivity contribution in [2.24, 2.45) is 0 Å². The number of aryl methyl sites for hydroxylation is 2. The minimum Gasteiger partial charge on any atom is -0.298 e. The van der Waals surface area contributed by atoms with Crippen LogP contribution in [-0.2, 0) is 6.54 Å². The SMILES string of the molecule is CCn1cc(C(=O)Nc2ncc(C)s2)cn1. The number of hydrogen-bond acceptors (Lipinski definition) is 4. The van der Waals surface area contributed by atoms with Crippen LogP contribution in [0.4, 0.5) is 5.13 Å². The fourth-order valence-corrected chi connectivity index (χ4v) is 1.90. The lowest BCUT2D eigenvalue weighted by Crippen LogP contribution is -2.10. The van der Waals surface area contributed by atoms with Gasteiger partial charge in [-0.15, -0.1) is 11.3 Å². The zero-order valence-corrected chi connectivity index (χ0v) is 9.91. The first kappa shape index (κ1) is 10.8. The minimum atomic E-state index is -0.172. The summed E-state index contributed by atoms with van der Waals surface area (Å²) in [6, 6.07) is 0. The van der Waals surface area contributed by atoms with Crippen molar-refractivity contribution < 1.29 is 4.79 Å². The van der Waals surface area contributed by atoms with Crippen LogP contribution in [0, 0.1) is 6.92 Å². The molecule has 0 aliphatic carbocycles. The maximum absolute atomic E-state index is 11.8. The molecule has 2 heterocycles. The summed E-state index contributed by atoms with van der Waals surface area (Å²) in [6.45, 7) is 4.67. The van der Waals surface area contributed by atoms with Crippen LogP contribution >= 0.6 is 11.3 Å². The van der Waals surface area contributed by atoms with Crippen molar-refractivity contribution in [1.82, 2.24) is 14.8 Å². The Morgan fingerprint density at radius 2 is 2.38 bits per heavy atom. The van der Waals surface area contributed by atoms with E-state index in [9.17, 15) is 4.79 Å². The van der Waals surface area contributed by atoms with Crippen molar-refractivity contribution in [3.63, 3.8) is 0 Å². The average molecular weight is 236 g/mol. The highest BCUT2D eigenvalue weighted by atomic mass is 32.1. The third kappa shape index (κ3) is 2.27. The molecule has 0 radical (unpaired) electrons. The molecule has 1 amide bonds. The Kier molecular flexibility index (Phi) is 3.00. The zero-order chi connectivity index (χ0) is 11.5. The Labute approximate surface area is 97.1 Å². The monoisotopic (exact) mass is 236 g/mol. The molecule has 2 rings (SSSR count). The molecule has 0 aromatic carbocycles. The molecule has 0 fully saturated rings. The van der Waals surface area contributed by atoms with Crippen LogP contribution in [0.2, 0.25) is 0 Å². The van der Waals surface area contributed by atoms with Gasteiger partial charge >= 0.3 is 0 Å². The molecule has 1 N–H and O–H groups in total. The lowest BCUT2D eigenvalue weighted by atomic mass is 10.3. The van der Waals surface area contributed by atoms with Crippen LogP contribution < -0.4 is 5.32 Å². The molecule has 2 aromatic rings. The molecule has 0 atom stereocenters. The second kappa shape index (κ2) is 4.44. The number of nitrogens with one attached hydrogen (secondary N) is 1. The number of carbonyl (C=O) groups is 1. The number of hydrogen-bond donors (Lipinski definition) is 1. The molecule has 0 aliphatic rings. The average Bonchev–Trinajstić information content (AvgIpc) is 2.87. The summed E-state index contributed by atoms with van der Waals surface area (Å²) in [7, 11) is 0. The number of amides is 1. The first-order valence-electron chi connectivity index (χ1n) is 4.95. The Bertz CT molecular complexity index is 502. The van der Waals surface area contributed by atoms with E-state index < -0.39 is 0 Å². The highest BCUT2D eigenvalue weighted by Gasteiger charge is 2.10. The van der Waals surface area contributed by atoms with Gasteiger partial charge < -0.3 is 0 Å². The number of anilines is 1. The molecule has 0 spiro atoms. The van der Waals surface area contributed by atoms with Gasteiger partial charge in [-0.3, -0.25) is 14.8 Å². The number of carbonyl (C=O) groups excluding carboxylic acids is 1. The smallest absolute Gasteiger partial charge is 0.260 e. The Hall–Kier alpha value is -1.69. The van der Waals surface area contributed by atoms with Crippen LogP contribution in [0.3, 0.4) is 0 Å². The van der Waals surface area contributed by atoms with Crippen LogP contribution in [0.25, 0.3) is 0 Å². The molecule has 16 heavy (non-hydrogen) atoms. The first-order valence-corrected chi connectivity index (χ1v) is 5.77. The summed E-state index contributed by atoms with van der Waals surface area (Å²) in [4.78, 5) is 16.9. The topological polar surface area (TPSA) is 59.8 Å². The maximum atomic E-state index is 11.8. The molecule has 0 saturated carbocycles. The third-order valence-corrected chi connectivity index (χ3v) is 2.89. The Balaban J connectivity index is 2.08. The molecule has 2 aromatic heterocycles. The van der Waals surface area contributed by atoms with Crippen molar-refractivity contribution >= 4 is 22.4 Å². The summed E-state index contributed by atoms with van der Waals surface area (Å²) in [5, 5.41) is 7.39. The van der Waals surface area contributed by atoms with Gasteiger partial charge in [-0.1, -0.05) is 0 Å². The number of thiazole rings is 1. The van der Waals surface area contributed by atoms with Gasteiger partial charge in [0.2, 0.25) is 0 Å².